The molecule has 0 saturated heterocycles. The number of aromatic nitrogens is 2. The van der Waals surface area contributed by atoms with Crippen molar-refractivity contribution >= 4 is 53.9 Å². The first-order valence-corrected chi connectivity index (χ1v) is 13.2. The largest absolute Gasteiger partial charge is 0.236 e. The Morgan fingerprint density at radius 3 is 1.35 bits per heavy atom. The summed E-state index contributed by atoms with van der Waals surface area (Å²) < 4.78 is 2.57. The second kappa shape index (κ2) is 7.72. The maximum absolute atomic E-state index is 5.01. The lowest BCUT2D eigenvalue weighted by molar-refractivity contribution is 1.39. The van der Waals surface area contributed by atoms with E-state index in [4.69, 9.17) is 9.97 Å². The molecule has 0 fully saturated rings. The van der Waals surface area contributed by atoms with Gasteiger partial charge in [-0.1, -0.05) is 36.4 Å². The van der Waals surface area contributed by atoms with Crippen LogP contribution in [-0.4, -0.2) is 9.97 Å². The summed E-state index contributed by atoms with van der Waals surface area (Å²) in [6.45, 7) is 13.1. The number of thiazole rings is 2. The summed E-state index contributed by atoms with van der Waals surface area (Å²) in [5, 5.41) is 4.78. The van der Waals surface area contributed by atoms with E-state index in [-0.39, 0.29) is 0 Å². The lowest BCUT2D eigenvalue weighted by Crippen LogP contribution is -1.90. The van der Waals surface area contributed by atoms with Crippen LogP contribution in [0.15, 0.2) is 48.5 Å². The van der Waals surface area contributed by atoms with E-state index in [2.05, 4.69) is 90.1 Å². The van der Waals surface area contributed by atoms with Gasteiger partial charge in [0, 0.05) is 11.1 Å². The summed E-state index contributed by atoms with van der Waals surface area (Å²) in [4.78, 5) is 10.0. The highest BCUT2D eigenvalue weighted by molar-refractivity contribution is 7.22. The standard InChI is InChI=1S/C30H26N2S2/c1-15-11-17(3)27-25(13-15)31-29(33-27)23-9-7-22-20(6)24(10-8-21(22)19(23)5)30-32-26-14-16(2)12-18(4)28(26)34-30/h7-14H,1-6H3. The van der Waals surface area contributed by atoms with Crippen molar-refractivity contribution in [1.29, 1.82) is 0 Å². The molecule has 0 atom stereocenters. The van der Waals surface area contributed by atoms with Crippen molar-refractivity contribution in [2.75, 3.05) is 0 Å². The molecule has 4 heteroatoms. The molecule has 0 radical (unpaired) electrons. The van der Waals surface area contributed by atoms with Crippen molar-refractivity contribution in [2.24, 2.45) is 0 Å². The lowest BCUT2D eigenvalue weighted by atomic mass is 9.94. The molecule has 0 saturated carbocycles. The molecule has 2 nitrogen and oxygen atoms in total. The van der Waals surface area contributed by atoms with Crippen molar-refractivity contribution in [2.45, 2.75) is 41.5 Å². The normalized spacial score (nSPS) is 11.8. The van der Waals surface area contributed by atoms with Gasteiger partial charge >= 0.3 is 0 Å². The molecule has 0 N–H and O–H groups in total. The second-order valence-corrected chi connectivity index (χ2v) is 11.5. The maximum atomic E-state index is 5.01. The summed E-state index contributed by atoms with van der Waals surface area (Å²) in [5.41, 5.74) is 12.4. The van der Waals surface area contributed by atoms with E-state index in [1.807, 2.05) is 0 Å². The van der Waals surface area contributed by atoms with E-state index in [1.54, 1.807) is 22.7 Å². The molecule has 34 heavy (non-hydrogen) atoms. The van der Waals surface area contributed by atoms with Crippen molar-refractivity contribution in [3.05, 3.63) is 81.9 Å². The van der Waals surface area contributed by atoms with E-state index in [1.165, 1.54) is 64.7 Å². The monoisotopic (exact) mass is 478 g/mol. The van der Waals surface area contributed by atoms with Gasteiger partial charge in [-0.05, 0) is 97.8 Å². The van der Waals surface area contributed by atoms with E-state index < -0.39 is 0 Å². The van der Waals surface area contributed by atoms with Crippen LogP contribution in [-0.2, 0) is 0 Å². The lowest BCUT2D eigenvalue weighted by Gasteiger charge is -2.12. The van der Waals surface area contributed by atoms with E-state index in [9.17, 15) is 0 Å². The van der Waals surface area contributed by atoms with Crippen molar-refractivity contribution < 1.29 is 0 Å². The molecule has 6 aromatic rings. The number of benzene rings is 4. The summed E-state index contributed by atoms with van der Waals surface area (Å²) in [5.74, 6) is 0. The molecular weight excluding hydrogens is 452 g/mol. The third-order valence-corrected chi connectivity index (χ3v) is 9.32. The summed E-state index contributed by atoms with van der Waals surface area (Å²) >= 11 is 3.60. The molecule has 168 valence electrons. The Hall–Kier alpha value is -3.08. The van der Waals surface area contributed by atoms with Crippen LogP contribution in [0, 0.1) is 41.5 Å². The van der Waals surface area contributed by atoms with Crippen LogP contribution in [0.5, 0.6) is 0 Å². The predicted molar refractivity (Wildman–Crippen MR) is 150 cm³/mol. The fraction of sp³-hybridized carbons (Fsp3) is 0.200. The first-order valence-electron chi connectivity index (χ1n) is 11.6. The molecule has 0 aliphatic rings. The Bertz CT molecular complexity index is 1640. The smallest absolute Gasteiger partial charge is 0.124 e. The molecule has 2 heterocycles. The Morgan fingerprint density at radius 2 is 0.941 bits per heavy atom. The number of aryl methyl sites for hydroxylation is 6. The summed E-state index contributed by atoms with van der Waals surface area (Å²) in [6, 6.07) is 17.9. The third-order valence-electron chi connectivity index (χ3n) is 6.84. The molecule has 0 aliphatic heterocycles. The van der Waals surface area contributed by atoms with Gasteiger partial charge in [0.25, 0.3) is 0 Å². The number of rotatable bonds is 2. The van der Waals surface area contributed by atoms with Crippen LogP contribution in [0.2, 0.25) is 0 Å². The molecular formula is C30H26N2S2. The van der Waals surface area contributed by atoms with E-state index >= 15 is 0 Å². The van der Waals surface area contributed by atoms with E-state index in [0.29, 0.717) is 0 Å². The molecule has 0 unspecified atom stereocenters. The number of nitrogens with zero attached hydrogens (tertiary/aromatic N) is 2. The molecule has 0 amide bonds. The number of hydrogen-bond acceptors (Lipinski definition) is 4. The van der Waals surface area contributed by atoms with Crippen LogP contribution in [0.25, 0.3) is 52.3 Å². The molecule has 0 spiro atoms. The van der Waals surface area contributed by atoms with Crippen LogP contribution in [0.1, 0.15) is 33.4 Å². The number of hydrogen-bond donors (Lipinski definition) is 0. The van der Waals surface area contributed by atoms with Crippen LogP contribution in [0.3, 0.4) is 0 Å². The fourth-order valence-corrected chi connectivity index (χ4v) is 7.35. The zero-order valence-electron chi connectivity index (χ0n) is 20.3. The highest BCUT2D eigenvalue weighted by atomic mass is 32.1. The Labute approximate surface area is 208 Å². The molecule has 4 aromatic carbocycles. The Morgan fingerprint density at radius 1 is 0.529 bits per heavy atom. The Balaban J connectivity index is 1.50. The maximum Gasteiger partial charge on any atom is 0.124 e. The molecule has 0 bridgehead atoms. The second-order valence-electron chi connectivity index (χ2n) is 9.47. The van der Waals surface area contributed by atoms with Gasteiger partial charge < -0.3 is 0 Å². The zero-order chi connectivity index (χ0) is 23.7. The van der Waals surface area contributed by atoms with Gasteiger partial charge in [0.15, 0.2) is 0 Å². The first kappa shape index (κ1) is 21.5. The molecule has 6 rings (SSSR count). The highest BCUT2D eigenvalue weighted by Crippen LogP contribution is 2.40. The highest BCUT2D eigenvalue weighted by Gasteiger charge is 2.16. The van der Waals surface area contributed by atoms with Crippen molar-refractivity contribution in [3.8, 4) is 21.1 Å². The van der Waals surface area contributed by atoms with Gasteiger partial charge in [0.05, 0.1) is 20.4 Å². The van der Waals surface area contributed by atoms with E-state index in [0.717, 1.165) is 21.0 Å². The minimum atomic E-state index is 1.10. The summed E-state index contributed by atoms with van der Waals surface area (Å²) in [7, 11) is 0. The molecule has 2 aromatic heterocycles. The van der Waals surface area contributed by atoms with Crippen LogP contribution < -0.4 is 0 Å². The summed E-state index contributed by atoms with van der Waals surface area (Å²) in [6.07, 6.45) is 0. The van der Waals surface area contributed by atoms with Crippen LogP contribution >= 0.6 is 22.7 Å². The topological polar surface area (TPSA) is 25.8 Å². The third kappa shape index (κ3) is 3.28. The fourth-order valence-electron chi connectivity index (χ4n) is 5.15. The zero-order valence-corrected chi connectivity index (χ0v) is 22.0. The van der Waals surface area contributed by atoms with Gasteiger partial charge in [-0.15, -0.1) is 22.7 Å². The SMILES string of the molecule is Cc1cc(C)c2sc(-c3ccc4c(C)c(-c5nc6cc(C)cc(C)c6s5)ccc4c3C)nc2c1. The Kier molecular flexibility index (Phi) is 4.87. The average Bonchev–Trinajstić information content (AvgIpc) is 3.39. The van der Waals surface area contributed by atoms with Crippen molar-refractivity contribution in [3.63, 3.8) is 0 Å². The first-order chi connectivity index (χ1) is 16.3. The average molecular weight is 479 g/mol. The van der Waals surface area contributed by atoms with Gasteiger partial charge in [0.1, 0.15) is 10.0 Å². The van der Waals surface area contributed by atoms with Gasteiger partial charge in [-0.3, -0.25) is 0 Å². The van der Waals surface area contributed by atoms with Gasteiger partial charge in [-0.2, -0.15) is 0 Å². The minimum Gasteiger partial charge on any atom is -0.236 e. The van der Waals surface area contributed by atoms with Gasteiger partial charge in [-0.25, -0.2) is 9.97 Å². The minimum absolute atomic E-state index is 1.10. The molecule has 0 aliphatic carbocycles. The van der Waals surface area contributed by atoms with Crippen LogP contribution in [0.4, 0.5) is 0 Å². The number of fused-ring (bicyclic) bond motifs is 3. The quantitative estimate of drug-likeness (QED) is 0.248. The predicted octanol–water partition coefficient (Wildman–Crippen LogP) is 9.24. The van der Waals surface area contributed by atoms with Gasteiger partial charge in [0.2, 0.25) is 0 Å². The van der Waals surface area contributed by atoms with Crippen molar-refractivity contribution in [1.82, 2.24) is 9.97 Å².